The Labute approximate surface area is 154 Å². The van der Waals surface area contributed by atoms with Gasteiger partial charge in [0.2, 0.25) is 5.01 Å². The highest BCUT2D eigenvalue weighted by molar-refractivity contribution is 14.1. The smallest absolute Gasteiger partial charge is 0.365 e. The van der Waals surface area contributed by atoms with Gasteiger partial charge in [-0.3, -0.25) is 0 Å². The van der Waals surface area contributed by atoms with Crippen LogP contribution in [0.2, 0.25) is 0 Å². The lowest BCUT2D eigenvalue weighted by molar-refractivity contribution is 0.0696. The van der Waals surface area contributed by atoms with E-state index in [-0.39, 0.29) is 11.6 Å². The van der Waals surface area contributed by atoms with Gasteiger partial charge in [0.25, 0.3) is 0 Å². The minimum absolute atomic E-state index is 0.0885. The van der Waals surface area contributed by atoms with Crippen LogP contribution in [0.25, 0.3) is 0 Å². The molecule has 0 amide bonds. The van der Waals surface area contributed by atoms with E-state index in [1.54, 1.807) is 5.38 Å². The maximum Gasteiger partial charge on any atom is 0.365 e. The molecule has 0 saturated heterocycles. The molecule has 2 rings (SSSR count). The summed E-state index contributed by atoms with van der Waals surface area (Å²) in [5.41, 5.74) is 0.632. The molecular formula is C11H6I3NO3S. The molecule has 2 aromatic rings. The molecule has 100 valence electrons. The third-order valence-corrected chi connectivity index (χ3v) is 5.17. The van der Waals surface area contributed by atoms with Gasteiger partial charge in [-0.15, -0.1) is 11.3 Å². The second-order valence-corrected chi connectivity index (χ2v) is 7.86. The molecule has 0 spiro atoms. The number of halogens is 3. The van der Waals surface area contributed by atoms with E-state index in [0.29, 0.717) is 5.69 Å². The lowest BCUT2D eigenvalue weighted by Crippen LogP contribution is -2.01. The Bertz CT molecular complexity index is 606. The van der Waals surface area contributed by atoms with Gasteiger partial charge >= 0.3 is 5.97 Å². The Morgan fingerprint density at radius 1 is 1.32 bits per heavy atom. The first-order chi connectivity index (χ1) is 8.97. The Morgan fingerprint density at radius 3 is 2.47 bits per heavy atom. The first-order valence-electron chi connectivity index (χ1n) is 4.92. The molecule has 0 atom stereocenters. The molecule has 1 N–H and O–H groups in total. The van der Waals surface area contributed by atoms with E-state index in [1.807, 2.05) is 12.1 Å². The third kappa shape index (κ3) is 4.14. The molecule has 8 heteroatoms. The number of ether oxygens (including phenoxy) is 1. The predicted molar refractivity (Wildman–Crippen MR) is 98.0 cm³/mol. The van der Waals surface area contributed by atoms with Crippen molar-refractivity contribution >= 4 is 85.1 Å². The zero-order valence-electron chi connectivity index (χ0n) is 9.19. The van der Waals surface area contributed by atoms with Gasteiger partial charge in [0, 0.05) is 8.95 Å². The summed E-state index contributed by atoms with van der Waals surface area (Å²) in [4.78, 5) is 14.7. The van der Waals surface area contributed by atoms with Crippen LogP contribution < -0.4 is 4.74 Å². The summed E-state index contributed by atoms with van der Waals surface area (Å²) in [7, 11) is 0. The van der Waals surface area contributed by atoms with Crippen molar-refractivity contribution in [2.24, 2.45) is 0 Å². The van der Waals surface area contributed by atoms with Crippen molar-refractivity contribution in [1.82, 2.24) is 4.98 Å². The van der Waals surface area contributed by atoms with E-state index in [4.69, 9.17) is 9.84 Å². The van der Waals surface area contributed by atoms with Crippen LogP contribution in [0.3, 0.4) is 0 Å². The van der Waals surface area contributed by atoms with E-state index >= 15 is 0 Å². The van der Waals surface area contributed by atoms with Crippen LogP contribution in [0.5, 0.6) is 5.75 Å². The van der Waals surface area contributed by atoms with E-state index in [9.17, 15) is 4.79 Å². The third-order valence-electron chi connectivity index (χ3n) is 2.06. The largest absolute Gasteiger partial charge is 0.485 e. The number of rotatable bonds is 4. The minimum Gasteiger partial charge on any atom is -0.485 e. The van der Waals surface area contributed by atoms with E-state index in [0.717, 1.165) is 27.8 Å². The number of benzene rings is 1. The molecule has 4 nitrogen and oxygen atoms in total. The maximum absolute atomic E-state index is 10.7. The quantitative estimate of drug-likeness (QED) is 0.525. The summed E-state index contributed by atoms with van der Waals surface area (Å²) in [5.74, 6) is -0.193. The predicted octanol–water partition coefficient (Wildman–Crippen LogP) is 4.23. The highest BCUT2D eigenvalue weighted by atomic mass is 127. The molecule has 0 fully saturated rings. The number of aromatic carboxylic acids is 1. The maximum atomic E-state index is 10.7. The van der Waals surface area contributed by atoms with Crippen LogP contribution in [0.15, 0.2) is 17.5 Å². The molecule has 0 radical (unpaired) electrons. The number of carboxylic acid groups (broad SMARTS) is 1. The number of hydrogen-bond acceptors (Lipinski definition) is 4. The van der Waals surface area contributed by atoms with Crippen LogP contribution in [-0.2, 0) is 6.61 Å². The number of thiazole rings is 1. The first kappa shape index (κ1) is 15.7. The molecule has 0 aliphatic carbocycles. The fraction of sp³-hybridized carbons (Fsp3) is 0.0909. The molecule has 0 aliphatic heterocycles. The monoisotopic (exact) mass is 613 g/mol. The van der Waals surface area contributed by atoms with Gasteiger partial charge < -0.3 is 9.84 Å². The van der Waals surface area contributed by atoms with E-state index in [1.165, 1.54) is 0 Å². The van der Waals surface area contributed by atoms with Gasteiger partial charge in [0.1, 0.15) is 12.4 Å². The molecule has 1 aromatic heterocycles. The summed E-state index contributed by atoms with van der Waals surface area (Å²) in [5, 5.41) is 10.6. The normalized spacial score (nSPS) is 10.5. The fourth-order valence-corrected chi connectivity index (χ4v) is 5.82. The summed E-state index contributed by atoms with van der Waals surface area (Å²) in [6, 6.07) is 4.06. The lowest BCUT2D eigenvalue weighted by Gasteiger charge is -2.09. The summed E-state index contributed by atoms with van der Waals surface area (Å²) >= 11 is 7.81. The zero-order chi connectivity index (χ0) is 14.0. The van der Waals surface area contributed by atoms with Gasteiger partial charge in [0.05, 0.1) is 12.8 Å². The van der Waals surface area contributed by atoms with Crippen molar-refractivity contribution < 1.29 is 14.6 Å². The average molecular weight is 613 g/mol. The number of nitrogens with zero attached hydrogens (tertiary/aromatic N) is 1. The Morgan fingerprint density at radius 2 is 1.95 bits per heavy atom. The number of carboxylic acids is 1. The molecule has 0 aliphatic rings. The molecule has 1 heterocycles. The molecule has 0 bridgehead atoms. The van der Waals surface area contributed by atoms with Gasteiger partial charge in [-0.25, -0.2) is 9.78 Å². The second-order valence-electron chi connectivity index (χ2n) is 3.44. The van der Waals surface area contributed by atoms with Crippen LogP contribution in [0.4, 0.5) is 0 Å². The molecule has 0 saturated carbocycles. The van der Waals surface area contributed by atoms with Crippen molar-refractivity contribution in [3.63, 3.8) is 0 Å². The van der Waals surface area contributed by atoms with Crippen molar-refractivity contribution in [2.75, 3.05) is 0 Å². The highest BCUT2D eigenvalue weighted by Crippen LogP contribution is 2.30. The van der Waals surface area contributed by atoms with Gasteiger partial charge in [-0.2, -0.15) is 0 Å². The molecule has 1 aromatic carbocycles. The van der Waals surface area contributed by atoms with E-state index in [2.05, 4.69) is 72.8 Å². The SMILES string of the molecule is O=C(O)c1nc(COc2c(I)cc(I)cc2I)cs1. The number of hydrogen-bond donors (Lipinski definition) is 1. The van der Waals surface area contributed by atoms with Crippen molar-refractivity contribution in [2.45, 2.75) is 6.61 Å². The fourth-order valence-electron chi connectivity index (χ4n) is 1.28. The second kappa shape index (κ2) is 6.85. The zero-order valence-corrected chi connectivity index (χ0v) is 16.5. The molecular weight excluding hydrogens is 607 g/mol. The topological polar surface area (TPSA) is 59.4 Å². The minimum atomic E-state index is -1.00. The summed E-state index contributed by atoms with van der Waals surface area (Å²) in [6.45, 7) is 0.274. The molecule has 19 heavy (non-hydrogen) atoms. The summed E-state index contributed by atoms with van der Waals surface area (Å²) < 4.78 is 8.95. The average Bonchev–Trinajstić information content (AvgIpc) is 2.76. The van der Waals surface area contributed by atoms with Gasteiger partial charge in [-0.1, -0.05) is 0 Å². The lowest BCUT2D eigenvalue weighted by atomic mass is 10.3. The van der Waals surface area contributed by atoms with Crippen LogP contribution >= 0.6 is 79.1 Å². The summed E-state index contributed by atoms with van der Waals surface area (Å²) in [6.07, 6.45) is 0. The Balaban J connectivity index is 2.12. The van der Waals surface area contributed by atoms with E-state index < -0.39 is 5.97 Å². The molecule has 0 unspecified atom stereocenters. The Kier molecular flexibility index (Phi) is 5.65. The number of aromatic nitrogens is 1. The van der Waals surface area contributed by atoms with Crippen LogP contribution in [-0.4, -0.2) is 16.1 Å². The first-order valence-corrected chi connectivity index (χ1v) is 9.04. The number of carbonyl (C=O) groups is 1. The van der Waals surface area contributed by atoms with Crippen LogP contribution in [0.1, 0.15) is 15.5 Å². The van der Waals surface area contributed by atoms with Gasteiger partial charge in [-0.05, 0) is 79.9 Å². The highest BCUT2D eigenvalue weighted by Gasteiger charge is 2.12. The standard InChI is InChI=1S/C11H6I3NO3S/c12-5-1-7(13)9(8(14)2-5)18-3-6-4-19-10(15-6)11(16)17/h1-2,4H,3H2,(H,16,17). The van der Waals surface area contributed by atoms with Crippen molar-refractivity contribution in [3.8, 4) is 5.75 Å². The van der Waals surface area contributed by atoms with Crippen molar-refractivity contribution in [1.29, 1.82) is 0 Å². The Hall–Kier alpha value is 0.310. The van der Waals surface area contributed by atoms with Crippen molar-refractivity contribution in [3.05, 3.63) is 38.9 Å². The van der Waals surface area contributed by atoms with Gasteiger partial charge in [0.15, 0.2) is 0 Å². The van der Waals surface area contributed by atoms with Crippen LogP contribution in [0, 0.1) is 10.7 Å².